The van der Waals surface area contributed by atoms with Crippen LogP contribution in [0.1, 0.15) is 56.3 Å². The first-order chi connectivity index (χ1) is 15.2. The number of nitrogens with one attached hydrogen (secondary N) is 1. The fourth-order valence-corrected chi connectivity index (χ4v) is 5.91. The molecular formula is C23H29N3O4S2. The molecule has 0 saturated heterocycles. The van der Waals surface area contributed by atoms with Crippen molar-refractivity contribution in [1.82, 2.24) is 9.29 Å². The molecule has 1 saturated carbocycles. The highest BCUT2D eigenvalue weighted by atomic mass is 32.2. The van der Waals surface area contributed by atoms with Crippen LogP contribution >= 0.6 is 11.8 Å². The Bertz CT molecular complexity index is 1060. The Balaban J connectivity index is 1.65. The fourth-order valence-electron chi connectivity index (χ4n) is 3.76. The lowest BCUT2D eigenvalue weighted by molar-refractivity contribution is -0.115. The SMILES string of the molecule is CC(=O)c1ccccc1NC(=O)C(C)Sc1ccc(S(=O)(=O)N(C)C2CCCCC2)cn1. The van der Waals surface area contributed by atoms with Crippen LogP contribution in [0.2, 0.25) is 0 Å². The third-order valence-corrected chi connectivity index (χ3v) is 8.65. The number of hydrogen-bond donors (Lipinski definition) is 1. The number of carbonyl (C=O) groups is 2. The minimum Gasteiger partial charge on any atom is -0.324 e. The largest absolute Gasteiger partial charge is 0.324 e. The molecule has 1 N–H and O–H groups in total. The van der Waals surface area contributed by atoms with E-state index in [-0.39, 0.29) is 22.6 Å². The number of nitrogens with zero attached hydrogens (tertiary/aromatic N) is 2. The summed E-state index contributed by atoms with van der Waals surface area (Å²) in [6.07, 6.45) is 6.38. The number of rotatable bonds is 8. The Morgan fingerprint density at radius 3 is 2.44 bits per heavy atom. The van der Waals surface area contributed by atoms with Crippen LogP contribution in [-0.4, -0.2) is 47.7 Å². The van der Waals surface area contributed by atoms with Gasteiger partial charge in [0, 0.05) is 24.8 Å². The molecule has 172 valence electrons. The molecule has 1 unspecified atom stereocenters. The first-order valence-corrected chi connectivity index (χ1v) is 13.0. The van der Waals surface area contributed by atoms with Crippen LogP contribution in [0.4, 0.5) is 5.69 Å². The van der Waals surface area contributed by atoms with E-state index in [0.29, 0.717) is 16.3 Å². The summed E-state index contributed by atoms with van der Waals surface area (Å²) in [4.78, 5) is 28.8. The lowest BCUT2D eigenvalue weighted by Crippen LogP contribution is -2.38. The van der Waals surface area contributed by atoms with Gasteiger partial charge in [-0.15, -0.1) is 0 Å². The van der Waals surface area contributed by atoms with Crippen LogP contribution in [0.15, 0.2) is 52.5 Å². The van der Waals surface area contributed by atoms with Gasteiger partial charge >= 0.3 is 0 Å². The predicted octanol–water partition coefficient (Wildman–Crippen LogP) is 4.36. The maximum absolute atomic E-state index is 13.0. The van der Waals surface area contributed by atoms with Crippen LogP contribution in [-0.2, 0) is 14.8 Å². The molecule has 1 amide bonds. The smallest absolute Gasteiger partial charge is 0.244 e. The molecule has 1 aliphatic rings. The van der Waals surface area contributed by atoms with Gasteiger partial charge in [0.15, 0.2) is 5.78 Å². The van der Waals surface area contributed by atoms with Gasteiger partial charge in [-0.1, -0.05) is 43.2 Å². The molecule has 3 rings (SSSR count). The first kappa shape index (κ1) is 24.4. The van der Waals surface area contributed by atoms with E-state index in [0.717, 1.165) is 32.1 Å². The zero-order chi connectivity index (χ0) is 23.3. The Labute approximate surface area is 194 Å². The number of pyridine rings is 1. The number of benzene rings is 1. The molecule has 1 fully saturated rings. The van der Waals surface area contributed by atoms with Crippen molar-refractivity contribution in [3.8, 4) is 0 Å². The highest BCUT2D eigenvalue weighted by molar-refractivity contribution is 8.00. The third-order valence-electron chi connectivity index (χ3n) is 5.71. The molecule has 1 aromatic heterocycles. The number of aromatic nitrogens is 1. The van der Waals surface area contributed by atoms with Crippen molar-refractivity contribution in [2.24, 2.45) is 0 Å². The minimum atomic E-state index is -3.60. The summed E-state index contributed by atoms with van der Waals surface area (Å²) in [7, 11) is -1.97. The number of para-hydroxylation sites is 1. The Hall–Kier alpha value is -2.23. The maximum Gasteiger partial charge on any atom is 0.244 e. The standard InChI is InChI=1S/C23H29N3O4S2/c1-16(27)20-11-7-8-12-21(20)25-23(28)17(2)31-22-14-13-19(15-24-22)32(29,30)26(3)18-9-5-4-6-10-18/h7-8,11-15,17-18H,4-6,9-10H2,1-3H3,(H,25,28). The van der Waals surface area contributed by atoms with Gasteiger partial charge in [0.2, 0.25) is 15.9 Å². The molecule has 0 spiro atoms. The lowest BCUT2D eigenvalue weighted by atomic mass is 9.96. The second kappa shape index (κ2) is 10.6. The average molecular weight is 476 g/mol. The van der Waals surface area contributed by atoms with Crippen molar-refractivity contribution >= 4 is 39.2 Å². The van der Waals surface area contributed by atoms with Crippen LogP contribution in [0.5, 0.6) is 0 Å². The van der Waals surface area contributed by atoms with E-state index in [1.807, 2.05) is 0 Å². The molecule has 9 heteroatoms. The molecule has 32 heavy (non-hydrogen) atoms. The average Bonchev–Trinajstić information content (AvgIpc) is 2.79. The zero-order valence-corrected chi connectivity index (χ0v) is 20.2. The van der Waals surface area contributed by atoms with Gasteiger partial charge in [-0.2, -0.15) is 4.31 Å². The first-order valence-electron chi connectivity index (χ1n) is 10.7. The van der Waals surface area contributed by atoms with Gasteiger partial charge in [-0.3, -0.25) is 9.59 Å². The van der Waals surface area contributed by atoms with Crippen LogP contribution < -0.4 is 5.32 Å². The number of hydrogen-bond acceptors (Lipinski definition) is 6. The Morgan fingerprint density at radius 1 is 1.12 bits per heavy atom. The van der Waals surface area contributed by atoms with Crippen LogP contribution in [0.3, 0.4) is 0 Å². The maximum atomic E-state index is 13.0. The third kappa shape index (κ3) is 5.76. The summed E-state index contributed by atoms with van der Waals surface area (Å²) in [6, 6.07) is 10.1. The summed E-state index contributed by atoms with van der Waals surface area (Å²) in [5.41, 5.74) is 0.922. The van der Waals surface area contributed by atoms with Gasteiger partial charge in [0.05, 0.1) is 16.0 Å². The number of carbonyl (C=O) groups excluding carboxylic acids is 2. The summed E-state index contributed by atoms with van der Waals surface area (Å²) >= 11 is 1.22. The predicted molar refractivity (Wildman–Crippen MR) is 126 cm³/mol. The van der Waals surface area contributed by atoms with Crippen molar-refractivity contribution in [3.05, 3.63) is 48.2 Å². The molecule has 1 atom stereocenters. The van der Waals surface area contributed by atoms with Gasteiger partial charge < -0.3 is 5.32 Å². The Morgan fingerprint density at radius 2 is 1.81 bits per heavy atom. The van der Waals surface area contributed by atoms with Gasteiger partial charge in [-0.05, 0) is 51.0 Å². The van der Waals surface area contributed by atoms with Gasteiger partial charge in [0.1, 0.15) is 4.90 Å². The summed E-state index contributed by atoms with van der Waals surface area (Å²) in [5.74, 6) is -0.392. The molecule has 1 heterocycles. The van der Waals surface area contributed by atoms with Gasteiger partial charge in [-0.25, -0.2) is 13.4 Å². The highest BCUT2D eigenvalue weighted by Gasteiger charge is 2.29. The molecule has 1 aliphatic carbocycles. The minimum absolute atomic E-state index is 0.0319. The summed E-state index contributed by atoms with van der Waals surface area (Å²) < 4.78 is 27.4. The van der Waals surface area contributed by atoms with Crippen LogP contribution in [0.25, 0.3) is 0 Å². The summed E-state index contributed by atoms with van der Waals surface area (Å²) in [5, 5.41) is 2.84. The number of sulfonamides is 1. The van der Waals surface area contributed by atoms with E-state index >= 15 is 0 Å². The number of amides is 1. The molecule has 0 bridgehead atoms. The topological polar surface area (TPSA) is 96.4 Å². The molecule has 1 aromatic carbocycles. The second-order valence-corrected chi connectivity index (χ2v) is 11.4. The normalized spacial score (nSPS) is 16.0. The summed E-state index contributed by atoms with van der Waals surface area (Å²) in [6.45, 7) is 3.19. The number of Topliss-reactive ketones (excluding diaryl/α,β-unsaturated/α-hetero) is 1. The van der Waals surface area contributed by atoms with Crippen molar-refractivity contribution in [3.63, 3.8) is 0 Å². The lowest BCUT2D eigenvalue weighted by Gasteiger charge is -2.30. The second-order valence-electron chi connectivity index (χ2n) is 8.00. The van der Waals surface area contributed by atoms with E-state index in [9.17, 15) is 18.0 Å². The van der Waals surface area contributed by atoms with Crippen LogP contribution in [0, 0.1) is 0 Å². The monoisotopic (exact) mass is 475 g/mol. The Kier molecular flexibility index (Phi) is 8.08. The van der Waals surface area contributed by atoms with Crippen molar-refractivity contribution in [2.45, 2.75) is 67.2 Å². The number of anilines is 1. The number of ketones is 1. The molecule has 2 aromatic rings. The number of thioether (sulfide) groups is 1. The van der Waals surface area contributed by atoms with Gasteiger partial charge in [0.25, 0.3) is 0 Å². The van der Waals surface area contributed by atoms with Crippen molar-refractivity contribution in [1.29, 1.82) is 0 Å². The van der Waals surface area contributed by atoms with Crippen molar-refractivity contribution in [2.75, 3.05) is 12.4 Å². The fraction of sp³-hybridized carbons (Fsp3) is 0.435. The van der Waals surface area contributed by atoms with E-state index in [4.69, 9.17) is 0 Å². The zero-order valence-electron chi connectivity index (χ0n) is 18.6. The molecule has 7 nitrogen and oxygen atoms in total. The molecule has 0 radical (unpaired) electrons. The van der Waals surface area contributed by atoms with E-state index < -0.39 is 15.3 Å². The molecular weight excluding hydrogens is 446 g/mol. The van der Waals surface area contributed by atoms with E-state index in [2.05, 4.69) is 10.3 Å². The van der Waals surface area contributed by atoms with E-state index in [1.54, 1.807) is 50.4 Å². The quantitative estimate of drug-likeness (QED) is 0.450. The van der Waals surface area contributed by atoms with E-state index in [1.165, 1.54) is 29.2 Å². The van der Waals surface area contributed by atoms with Crippen molar-refractivity contribution < 1.29 is 18.0 Å². The molecule has 0 aliphatic heterocycles. The highest BCUT2D eigenvalue weighted by Crippen LogP contribution is 2.28.